The highest BCUT2D eigenvalue weighted by molar-refractivity contribution is 5.98. The lowest BCUT2D eigenvalue weighted by atomic mass is 9.84. The van der Waals surface area contributed by atoms with Gasteiger partial charge in [0.15, 0.2) is 0 Å². The van der Waals surface area contributed by atoms with Gasteiger partial charge in [0.1, 0.15) is 6.10 Å². The summed E-state index contributed by atoms with van der Waals surface area (Å²) in [5.74, 6) is -0.244. The summed E-state index contributed by atoms with van der Waals surface area (Å²) in [6.07, 6.45) is 16.4. The molecule has 1 aliphatic rings. The molecule has 1 atom stereocenters. The molecule has 0 aliphatic heterocycles. The summed E-state index contributed by atoms with van der Waals surface area (Å²) in [6, 6.07) is 12.9. The van der Waals surface area contributed by atoms with Gasteiger partial charge in [-0.2, -0.15) is 0 Å². The maximum absolute atomic E-state index is 12.3. The minimum Gasteiger partial charge on any atom is -0.453 e. The molecular formula is C29H40O2. The Hall–Kier alpha value is -2.09. The van der Waals surface area contributed by atoms with Gasteiger partial charge in [0, 0.05) is 5.56 Å². The molecule has 0 radical (unpaired) electrons. The quantitative estimate of drug-likeness (QED) is 0.239. The van der Waals surface area contributed by atoms with Gasteiger partial charge >= 0.3 is 5.97 Å². The fourth-order valence-electron chi connectivity index (χ4n) is 4.62. The molecule has 168 valence electrons. The van der Waals surface area contributed by atoms with E-state index >= 15 is 0 Å². The van der Waals surface area contributed by atoms with Crippen molar-refractivity contribution in [2.75, 3.05) is 0 Å². The standard InChI is InChI=1S/C29H40O2/c1-4-5-6-7-8-9-10-11-12-13-16-24-21-27(31-29(30)22(2)3)26-20-15-18-23-17-14-19-25(24)28(23)26/h14-15,17-22,27H,4-13,16H2,1-3H3. The van der Waals surface area contributed by atoms with Gasteiger partial charge < -0.3 is 4.74 Å². The largest absolute Gasteiger partial charge is 0.453 e. The Kier molecular flexibility index (Phi) is 9.18. The molecule has 0 saturated heterocycles. The summed E-state index contributed by atoms with van der Waals surface area (Å²) in [5.41, 5.74) is 3.78. The van der Waals surface area contributed by atoms with E-state index in [0.29, 0.717) is 0 Å². The molecule has 0 bridgehead atoms. The van der Waals surface area contributed by atoms with Gasteiger partial charge in [-0.1, -0.05) is 115 Å². The number of carbonyl (C=O) groups excluding carboxylic acids is 1. The van der Waals surface area contributed by atoms with E-state index in [2.05, 4.69) is 49.4 Å². The molecule has 0 heterocycles. The molecule has 1 aliphatic carbocycles. The Bertz CT molecular complexity index is 872. The van der Waals surface area contributed by atoms with Crippen LogP contribution in [0.25, 0.3) is 16.3 Å². The van der Waals surface area contributed by atoms with Crippen LogP contribution in [0.2, 0.25) is 0 Å². The molecule has 2 heteroatoms. The predicted octanol–water partition coefficient (Wildman–Crippen LogP) is 8.79. The van der Waals surface area contributed by atoms with Crippen LogP contribution in [0.4, 0.5) is 0 Å². The van der Waals surface area contributed by atoms with Crippen LogP contribution in [-0.2, 0) is 9.53 Å². The maximum atomic E-state index is 12.3. The van der Waals surface area contributed by atoms with E-state index in [4.69, 9.17) is 4.74 Å². The van der Waals surface area contributed by atoms with Crippen molar-refractivity contribution in [1.29, 1.82) is 0 Å². The molecule has 1 unspecified atom stereocenters. The highest BCUT2D eigenvalue weighted by Gasteiger charge is 2.25. The lowest BCUT2D eigenvalue weighted by Gasteiger charge is -2.26. The lowest BCUT2D eigenvalue weighted by molar-refractivity contribution is -0.150. The Balaban J connectivity index is 1.59. The number of unbranched alkanes of at least 4 members (excludes halogenated alkanes) is 9. The van der Waals surface area contributed by atoms with E-state index < -0.39 is 0 Å². The summed E-state index contributed by atoms with van der Waals surface area (Å²) >= 11 is 0. The van der Waals surface area contributed by atoms with Gasteiger partial charge in [0.05, 0.1) is 5.92 Å². The average molecular weight is 421 g/mol. The number of ether oxygens (including phenoxy) is 1. The number of allylic oxidation sites excluding steroid dienone is 1. The van der Waals surface area contributed by atoms with Gasteiger partial charge in [-0.3, -0.25) is 4.79 Å². The zero-order valence-electron chi connectivity index (χ0n) is 19.8. The highest BCUT2D eigenvalue weighted by Crippen LogP contribution is 2.41. The molecule has 0 amide bonds. The normalized spacial score (nSPS) is 15.4. The minimum atomic E-state index is -0.272. The van der Waals surface area contributed by atoms with Gasteiger partial charge in [0.25, 0.3) is 0 Å². The van der Waals surface area contributed by atoms with Gasteiger partial charge in [-0.25, -0.2) is 0 Å². The molecule has 0 fully saturated rings. The van der Waals surface area contributed by atoms with E-state index in [1.807, 2.05) is 13.8 Å². The Morgan fingerprint density at radius 3 is 2.13 bits per heavy atom. The molecule has 0 aromatic heterocycles. The van der Waals surface area contributed by atoms with Gasteiger partial charge in [-0.15, -0.1) is 0 Å². The SMILES string of the molecule is CCCCCCCCCCCCC1=CC(OC(=O)C(C)C)c2cccc3cccc1c23. The molecule has 31 heavy (non-hydrogen) atoms. The molecule has 0 N–H and O–H groups in total. The molecule has 2 nitrogen and oxygen atoms in total. The van der Waals surface area contributed by atoms with Crippen LogP contribution in [0.5, 0.6) is 0 Å². The van der Waals surface area contributed by atoms with E-state index in [-0.39, 0.29) is 18.0 Å². The number of esters is 1. The van der Waals surface area contributed by atoms with Crippen molar-refractivity contribution in [1.82, 2.24) is 0 Å². The number of benzene rings is 2. The fraction of sp³-hybridized carbons (Fsp3) is 0.552. The van der Waals surface area contributed by atoms with Crippen molar-refractivity contribution in [2.45, 2.75) is 97.5 Å². The van der Waals surface area contributed by atoms with Crippen LogP contribution in [-0.4, -0.2) is 5.97 Å². The Morgan fingerprint density at radius 1 is 0.871 bits per heavy atom. The van der Waals surface area contributed by atoms with Crippen LogP contribution in [0.15, 0.2) is 42.5 Å². The van der Waals surface area contributed by atoms with Crippen molar-refractivity contribution in [3.8, 4) is 0 Å². The van der Waals surface area contributed by atoms with E-state index in [1.54, 1.807) is 0 Å². The molecular weight excluding hydrogens is 380 g/mol. The number of hydrogen-bond acceptors (Lipinski definition) is 2. The second-order valence-corrected chi connectivity index (χ2v) is 9.39. The third kappa shape index (κ3) is 6.45. The highest BCUT2D eigenvalue weighted by atomic mass is 16.5. The topological polar surface area (TPSA) is 26.3 Å². The number of hydrogen-bond donors (Lipinski definition) is 0. The Morgan fingerprint density at radius 2 is 1.48 bits per heavy atom. The summed E-state index contributed by atoms with van der Waals surface area (Å²) in [5, 5.41) is 2.49. The first kappa shape index (κ1) is 23.6. The smallest absolute Gasteiger partial charge is 0.309 e. The second kappa shape index (κ2) is 12.1. The molecule has 2 aromatic carbocycles. The van der Waals surface area contributed by atoms with Crippen LogP contribution < -0.4 is 0 Å². The van der Waals surface area contributed by atoms with Crippen molar-refractivity contribution in [3.63, 3.8) is 0 Å². The second-order valence-electron chi connectivity index (χ2n) is 9.39. The predicted molar refractivity (Wildman–Crippen MR) is 132 cm³/mol. The summed E-state index contributed by atoms with van der Waals surface area (Å²) in [7, 11) is 0. The zero-order chi connectivity index (χ0) is 22.1. The number of rotatable bonds is 13. The fourth-order valence-corrected chi connectivity index (χ4v) is 4.62. The van der Waals surface area contributed by atoms with Crippen LogP contribution in [0.1, 0.15) is 109 Å². The summed E-state index contributed by atoms with van der Waals surface area (Å²) < 4.78 is 5.91. The molecule has 0 saturated carbocycles. The van der Waals surface area contributed by atoms with Gasteiger partial charge in [-0.05, 0) is 40.8 Å². The minimum absolute atomic E-state index is 0.116. The molecule has 2 aromatic rings. The van der Waals surface area contributed by atoms with Crippen LogP contribution in [0, 0.1) is 5.92 Å². The van der Waals surface area contributed by atoms with Crippen molar-refractivity contribution in [3.05, 3.63) is 53.6 Å². The zero-order valence-corrected chi connectivity index (χ0v) is 19.8. The van der Waals surface area contributed by atoms with E-state index in [0.717, 1.165) is 12.0 Å². The maximum Gasteiger partial charge on any atom is 0.309 e. The first-order chi connectivity index (χ1) is 15.1. The Labute approximate surface area is 189 Å². The van der Waals surface area contributed by atoms with Crippen molar-refractivity contribution in [2.24, 2.45) is 5.92 Å². The van der Waals surface area contributed by atoms with E-state index in [9.17, 15) is 4.79 Å². The average Bonchev–Trinajstić information content (AvgIpc) is 2.77. The van der Waals surface area contributed by atoms with Crippen molar-refractivity contribution < 1.29 is 9.53 Å². The molecule has 3 rings (SSSR count). The van der Waals surface area contributed by atoms with Crippen LogP contribution in [0.3, 0.4) is 0 Å². The molecule has 0 spiro atoms. The third-order valence-corrected chi connectivity index (χ3v) is 6.46. The first-order valence-electron chi connectivity index (χ1n) is 12.5. The van der Waals surface area contributed by atoms with Gasteiger partial charge in [0.2, 0.25) is 0 Å². The van der Waals surface area contributed by atoms with Crippen molar-refractivity contribution >= 4 is 22.3 Å². The lowest BCUT2D eigenvalue weighted by Crippen LogP contribution is -2.17. The summed E-state index contributed by atoms with van der Waals surface area (Å²) in [4.78, 5) is 12.3. The van der Waals surface area contributed by atoms with E-state index in [1.165, 1.54) is 86.1 Å². The number of carbonyl (C=O) groups is 1. The summed E-state index contributed by atoms with van der Waals surface area (Å²) in [6.45, 7) is 6.07. The third-order valence-electron chi connectivity index (χ3n) is 6.46. The van der Waals surface area contributed by atoms with Crippen LogP contribution >= 0.6 is 0 Å². The first-order valence-corrected chi connectivity index (χ1v) is 12.5. The monoisotopic (exact) mass is 420 g/mol.